The number of nitrogens with two attached hydrogens (primary N) is 2. The molecule has 0 saturated heterocycles. The molecule has 0 aliphatic carbocycles. The lowest BCUT2D eigenvalue weighted by Crippen LogP contribution is -2.30. The van der Waals surface area contributed by atoms with Crippen molar-refractivity contribution >= 4 is 305 Å². The number of nitrogens with zero attached hydrogens (tertiary/aromatic N) is 5. The largest absolute Gasteiger partial charge is 0.489 e. The number of fused-ring (bicyclic) bond motifs is 22. The number of para-hydroxylation sites is 8. The fourth-order valence-corrected chi connectivity index (χ4v) is 21.1. The lowest BCUT2D eigenvalue weighted by molar-refractivity contribution is 0.111. The summed E-state index contributed by atoms with van der Waals surface area (Å²) in [6.45, 7) is 0. The van der Waals surface area contributed by atoms with Crippen LogP contribution in [0.5, 0.6) is 0 Å². The topological polar surface area (TPSA) is 207 Å². The molecule has 26 rings (SSSR count). The molecule has 145 heavy (non-hydrogen) atoms. The number of hydrogen-bond donors (Lipinski definition) is 5. The summed E-state index contributed by atoms with van der Waals surface area (Å²) in [5, 5.41) is 42.4. The molecule has 0 amide bonds. The van der Waals surface area contributed by atoms with E-state index < -0.39 is 14.9 Å². The number of nitrogen functional groups attached to an aromatic ring is 2. The molecule has 21 aromatic carbocycles. The van der Waals surface area contributed by atoms with Crippen molar-refractivity contribution in [1.29, 1.82) is 0 Å². The number of benzene rings is 21. The van der Waals surface area contributed by atoms with Crippen molar-refractivity contribution in [2.24, 2.45) is 0 Å². The second kappa shape index (κ2) is 44.6. The van der Waals surface area contributed by atoms with E-state index in [-0.39, 0.29) is 10.5 Å². The number of anilines is 2. The zero-order chi connectivity index (χ0) is 100. The van der Waals surface area contributed by atoms with Crippen molar-refractivity contribution in [2.75, 3.05) is 11.5 Å². The van der Waals surface area contributed by atoms with Crippen LogP contribution in [-0.2, 0) is 4.57 Å². The summed E-state index contributed by atoms with van der Waals surface area (Å²) in [6, 6.07) is 141. The van der Waals surface area contributed by atoms with E-state index in [1.807, 2.05) is 237 Å². The number of aromatic amines is 1. The van der Waals surface area contributed by atoms with E-state index in [1.165, 1.54) is 55.2 Å². The highest BCUT2D eigenvalue weighted by molar-refractivity contribution is 9.10. The fourth-order valence-electron chi connectivity index (χ4n) is 17.6. The zero-order valence-corrected chi connectivity index (χ0v) is 85.1. The highest BCUT2D eigenvalue weighted by atomic mass is 79.9. The molecule has 0 aliphatic rings. The van der Waals surface area contributed by atoms with E-state index in [0.717, 1.165) is 170 Å². The van der Waals surface area contributed by atoms with Crippen molar-refractivity contribution in [2.45, 2.75) is 0 Å². The minimum absolute atomic E-state index is 0.257. The smallest absolute Gasteiger partial charge is 0.423 e. The Balaban J connectivity index is 0.000000108. The lowest BCUT2D eigenvalue weighted by atomic mass is 9.80. The predicted molar refractivity (Wildman–Crippen MR) is 618 cm³/mol. The average molecular weight is 2130 g/mol. The van der Waals surface area contributed by atoms with Gasteiger partial charge in [-0.05, 0) is 270 Å². The molecule has 7 N–H and O–H groups in total. The molecule has 0 unspecified atom stereocenters. The van der Waals surface area contributed by atoms with Crippen molar-refractivity contribution in [1.82, 2.24) is 28.7 Å². The summed E-state index contributed by atoms with van der Waals surface area (Å²) in [5.41, 5.74) is 28.5. The minimum atomic E-state index is -1.54. The Kier molecular flexibility index (Phi) is 30.4. The van der Waals surface area contributed by atoms with E-state index in [9.17, 15) is 14.2 Å². The Labute approximate surface area is 882 Å². The molecule has 0 fully saturated rings. The predicted octanol–water partition coefficient (Wildman–Crippen LogP) is 33.6. The summed E-state index contributed by atoms with van der Waals surface area (Å²) >= 11 is 52.0. The maximum atomic E-state index is 12.0. The lowest BCUT2D eigenvalue weighted by Gasteiger charge is -2.12. The number of nitrogens with one attached hydrogen (secondary N) is 1. The van der Waals surface area contributed by atoms with Gasteiger partial charge >= 0.3 is 14.9 Å². The van der Waals surface area contributed by atoms with Crippen LogP contribution in [0, 0.1) is 0 Å². The van der Waals surface area contributed by atoms with Crippen molar-refractivity contribution in [3.63, 3.8) is 0 Å². The fraction of sp³-hybridized carbons (Fsp3) is 0. The van der Waals surface area contributed by atoms with Crippen LogP contribution in [0.4, 0.5) is 11.4 Å². The number of pyridine rings is 2. The van der Waals surface area contributed by atoms with Gasteiger partial charge in [-0.1, -0.05) is 350 Å². The van der Waals surface area contributed by atoms with Crippen LogP contribution in [0.3, 0.4) is 0 Å². The van der Waals surface area contributed by atoms with Crippen LogP contribution in [0.2, 0.25) is 40.2 Å². The maximum absolute atomic E-state index is 12.0. The van der Waals surface area contributed by atoms with E-state index >= 15 is 0 Å². The normalized spacial score (nSPS) is 11.0. The molecule has 0 atom stereocenters. The van der Waals surface area contributed by atoms with E-state index in [0.29, 0.717) is 47.6 Å². The highest BCUT2D eigenvalue weighted by Crippen LogP contribution is 2.43. The number of halogens is 9. The van der Waals surface area contributed by atoms with Crippen LogP contribution in [-0.4, -0.2) is 58.5 Å². The van der Waals surface area contributed by atoms with Gasteiger partial charge in [-0.2, -0.15) is 0 Å². The van der Waals surface area contributed by atoms with Gasteiger partial charge in [0.2, 0.25) is 0 Å². The van der Waals surface area contributed by atoms with Gasteiger partial charge < -0.3 is 26.5 Å². The van der Waals surface area contributed by atoms with Crippen molar-refractivity contribution < 1.29 is 24.2 Å². The molecule has 0 saturated carbocycles. The van der Waals surface area contributed by atoms with Gasteiger partial charge in [-0.25, -0.2) is 15.0 Å². The molecular weight excluding hydrogens is 2050 g/mol. The van der Waals surface area contributed by atoms with Crippen molar-refractivity contribution in [3.8, 4) is 33.6 Å². The number of rotatable bonds is 8. The minimum Gasteiger partial charge on any atom is -0.423 e. The molecular formula is C121H80BBrCl8N8O5P+. The molecule has 0 aliphatic heterocycles. The average Bonchev–Trinajstić information content (AvgIpc) is 1.54. The maximum Gasteiger partial charge on any atom is 0.489 e. The van der Waals surface area contributed by atoms with Gasteiger partial charge in [0, 0.05) is 99.5 Å². The van der Waals surface area contributed by atoms with Crippen LogP contribution < -0.4 is 27.5 Å². The molecule has 24 heteroatoms. The standard InChI is InChI=1S/C23H14Cl2N2.2C23H13ClN2.C17H10Cl2O.C12H10OP.C11H7BrO.C6H5BCl2O2.C6H8N2/c24-16-9-10-17(20(25)13-16)18-11-14-5-1-2-6-15(14)12-19(18)23-26-21-7-3-4-8-22(21)27-23;2*24-16-9-10-17-18-11-14-5-1-2-6-15(14)12-19(18)23-25-20-7-3-4-8-21(20)26(23)22(17)13-16;18-14-5-6-15(17(19)9-14)16-8-12-4-2-1-3-11(12)7-13(16)10-20;13-14(11-7-3-1-4-8-11)12-9-5-2-6-10-12;12-11-6-9-4-2-1-3-8(9)5-10(11)7-13;8-4-1-2-5(7(10)11)6(9)3-4;7-5-3-1-2-4-6(5)8/h1-13H,(H,26,27);2*1-13H;1-10H;1-10H;1-7H;1-3,10-11H;1-4H,7-8H2/q;;;;+1;;;. The summed E-state index contributed by atoms with van der Waals surface area (Å²) in [7, 11) is -2.96. The summed E-state index contributed by atoms with van der Waals surface area (Å²) in [4.78, 5) is 40.1. The first-order valence-corrected chi connectivity index (χ1v) is 50.8. The first-order valence-electron chi connectivity index (χ1n) is 45.7. The molecule has 704 valence electrons. The van der Waals surface area contributed by atoms with Gasteiger partial charge in [0.1, 0.15) is 17.1 Å². The van der Waals surface area contributed by atoms with E-state index in [2.05, 4.69) is 175 Å². The third kappa shape index (κ3) is 21.8. The summed E-state index contributed by atoms with van der Waals surface area (Å²) < 4.78 is 17.3. The molecule has 26 aromatic rings. The molecule has 5 heterocycles. The quantitative estimate of drug-likeness (QED) is 0.0243. The third-order valence-electron chi connectivity index (χ3n) is 24.6. The molecule has 5 aromatic heterocycles. The molecule has 13 nitrogen and oxygen atoms in total. The first kappa shape index (κ1) is 98.9. The van der Waals surface area contributed by atoms with Gasteiger partial charge in [0.25, 0.3) is 0 Å². The Hall–Kier alpha value is -14.8. The third-order valence-corrected chi connectivity index (χ3v) is 28.9. The van der Waals surface area contributed by atoms with Gasteiger partial charge in [-0.15, -0.1) is 0 Å². The first-order chi connectivity index (χ1) is 70.6. The zero-order valence-electron chi connectivity index (χ0n) is 76.6. The Bertz CT molecular complexity index is 9150. The Morgan fingerprint density at radius 1 is 0.297 bits per heavy atom. The number of imidazole rings is 3. The number of H-pyrrole nitrogens is 1. The molecule has 0 bridgehead atoms. The summed E-state index contributed by atoms with van der Waals surface area (Å²) in [5.74, 6) is 0.822. The van der Waals surface area contributed by atoms with Crippen LogP contribution in [0.15, 0.2) is 435 Å². The highest BCUT2D eigenvalue weighted by Gasteiger charge is 2.24. The Morgan fingerprint density at radius 3 is 1.06 bits per heavy atom. The second-order valence-corrected chi connectivity index (χ2v) is 39.7. The van der Waals surface area contributed by atoms with Gasteiger partial charge in [0.15, 0.2) is 23.2 Å². The van der Waals surface area contributed by atoms with E-state index in [4.69, 9.17) is 129 Å². The van der Waals surface area contributed by atoms with Crippen LogP contribution in [0.25, 0.3) is 175 Å². The summed E-state index contributed by atoms with van der Waals surface area (Å²) in [6.07, 6.45) is 1.71. The number of carbonyl (C=O) groups excluding carboxylic acids is 2. The van der Waals surface area contributed by atoms with Gasteiger partial charge in [-0.3, -0.25) is 18.4 Å². The molecule has 0 spiro atoms. The van der Waals surface area contributed by atoms with Crippen LogP contribution in [0.1, 0.15) is 20.7 Å². The molecule has 0 radical (unpaired) electrons. The number of carbonyl (C=O) groups is 2. The SMILES string of the molecule is Clc1ccc(-c2cc3ccccc3cc2-c2nc3ccccc3[nH]2)c(Cl)c1.Clc1ccc2c3cc4ccccc4cc3c3nc4ccccc4n3c2c1.Clc1ccc2c3cc4ccccc4cc3c3nc4ccccc4n3c2c1.Nc1ccccc1N.O=Cc1cc2ccccc2cc1-c1ccc(Cl)cc1Cl.O=Cc1cc2ccccc2cc1Br.O=[P+](c1ccccc1)c1ccccc1.OB(O)c1ccc(Cl)cc1Cl. The number of hydrogen-bond acceptors (Lipinski definition) is 10. The Morgan fingerprint density at radius 2 is 0.634 bits per heavy atom. The van der Waals surface area contributed by atoms with E-state index in [1.54, 1.807) is 36.4 Å². The number of aldehydes is 2. The monoisotopic (exact) mass is 2130 g/mol. The van der Waals surface area contributed by atoms with Gasteiger partial charge in [0.05, 0.1) is 55.5 Å². The van der Waals surface area contributed by atoms with Crippen LogP contribution >= 0.6 is 117 Å². The van der Waals surface area contributed by atoms with Crippen molar-refractivity contribution in [3.05, 3.63) is 486 Å². The number of aromatic nitrogens is 6. The second-order valence-electron chi connectivity index (χ2n) is 33.8.